The molecule has 0 radical (unpaired) electrons. The summed E-state index contributed by atoms with van der Waals surface area (Å²) in [6.45, 7) is 17.3. The first-order valence-electron chi connectivity index (χ1n) is 17.5. The van der Waals surface area contributed by atoms with Gasteiger partial charge in [-0.3, -0.25) is 0 Å². The largest absolute Gasteiger partial charge is 0.245 e. The maximum Gasteiger partial charge on any atom is 0.0972 e. The van der Waals surface area contributed by atoms with Gasteiger partial charge >= 0.3 is 0 Å². The van der Waals surface area contributed by atoms with Gasteiger partial charge in [0.15, 0.2) is 0 Å². The van der Waals surface area contributed by atoms with E-state index in [1.54, 1.807) is 0 Å². The van der Waals surface area contributed by atoms with E-state index >= 15 is 0 Å². The van der Waals surface area contributed by atoms with Gasteiger partial charge in [0.1, 0.15) is 0 Å². The van der Waals surface area contributed by atoms with Gasteiger partial charge in [0.25, 0.3) is 0 Å². The Bertz CT molecular complexity index is 2170. The molecule has 9 rings (SSSR count). The highest BCUT2D eigenvalue weighted by Gasteiger charge is 2.36. The number of hydrogen-bond acceptors (Lipinski definition) is 2. The van der Waals surface area contributed by atoms with E-state index in [2.05, 4.69) is 149 Å². The van der Waals surface area contributed by atoms with Gasteiger partial charge in [-0.05, 0) is 68.8 Å². The minimum absolute atomic E-state index is 0.0479. The molecule has 0 aliphatic heterocycles. The lowest BCUT2D eigenvalue weighted by Gasteiger charge is -2.22. The SMILES string of the molecule is CC.CC.CC1(C)c2ccccc2-c2ccc(-c3ccc4ccc5ccc(-c6ccc7c(c6)C(C)(C)c6ccccc6-7)nc5c4n3)cc21. The Labute approximate surface area is 285 Å². The summed E-state index contributed by atoms with van der Waals surface area (Å²) < 4.78 is 0. The molecule has 0 saturated heterocycles. The number of pyridine rings is 2. The van der Waals surface area contributed by atoms with Crippen LogP contribution in [-0.4, -0.2) is 9.97 Å². The predicted molar refractivity (Wildman–Crippen MR) is 206 cm³/mol. The van der Waals surface area contributed by atoms with Gasteiger partial charge in [0.2, 0.25) is 0 Å². The van der Waals surface area contributed by atoms with Crippen molar-refractivity contribution in [2.75, 3.05) is 0 Å². The average Bonchev–Trinajstić information content (AvgIpc) is 3.52. The molecule has 2 heteroatoms. The molecule has 2 heterocycles. The van der Waals surface area contributed by atoms with Gasteiger partial charge in [0.05, 0.1) is 22.4 Å². The average molecular weight is 625 g/mol. The number of nitrogens with zero attached hydrogens (tertiary/aromatic N) is 2. The number of hydrogen-bond donors (Lipinski definition) is 0. The Balaban J connectivity index is 0.000000880. The number of fused-ring (bicyclic) bond motifs is 9. The molecule has 0 amide bonds. The quantitative estimate of drug-likeness (QED) is 0.179. The molecule has 0 N–H and O–H groups in total. The minimum atomic E-state index is -0.0479. The fourth-order valence-corrected chi connectivity index (χ4v) is 7.82. The maximum absolute atomic E-state index is 5.28. The van der Waals surface area contributed by atoms with E-state index < -0.39 is 0 Å². The van der Waals surface area contributed by atoms with Crippen LogP contribution in [-0.2, 0) is 10.8 Å². The van der Waals surface area contributed by atoms with Crippen LogP contribution < -0.4 is 0 Å². The van der Waals surface area contributed by atoms with Crippen molar-refractivity contribution in [3.05, 3.63) is 144 Å². The van der Waals surface area contributed by atoms with Crippen LogP contribution in [0.3, 0.4) is 0 Å². The lowest BCUT2D eigenvalue weighted by Crippen LogP contribution is -2.14. The van der Waals surface area contributed by atoms with Crippen LogP contribution in [0.4, 0.5) is 0 Å². The second-order valence-electron chi connectivity index (χ2n) is 13.5. The molecule has 2 aliphatic rings. The van der Waals surface area contributed by atoms with Crippen molar-refractivity contribution in [3.8, 4) is 44.8 Å². The molecule has 0 bridgehead atoms. The highest BCUT2D eigenvalue weighted by molar-refractivity contribution is 6.04. The monoisotopic (exact) mass is 624 g/mol. The topological polar surface area (TPSA) is 25.8 Å². The number of rotatable bonds is 2. The molecule has 0 atom stereocenters. The van der Waals surface area contributed by atoms with E-state index in [4.69, 9.17) is 9.97 Å². The normalized spacial score (nSPS) is 14.2. The predicted octanol–water partition coefficient (Wildman–Crippen LogP) is 12.8. The second-order valence-corrected chi connectivity index (χ2v) is 13.5. The van der Waals surface area contributed by atoms with Crippen LogP contribution in [0.25, 0.3) is 66.6 Å². The van der Waals surface area contributed by atoms with Crippen molar-refractivity contribution in [2.45, 2.75) is 66.2 Å². The Morgan fingerprint density at radius 1 is 0.375 bits per heavy atom. The third-order valence-electron chi connectivity index (χ3n) is 10.3. The molecular formula is C46H44N2. The van der Waals surface area contributed by atoms with Crippen LogP contribution in [0.5, 0.6) is 0 Å². The van der Waals surface area contributed by atoms with Crippen molar-refractivity contribution in [3.63, 3.8) is 0 Å². The molecule has 5 aromatic carbocycles. The highest BCUT2D eigenvalue weighted by atomic mass is 14.8. The van der Waals surface area contributed by atoms with E-state index in [-0.39, 0.29) is 10.8 Å². The first-order chi connectivity index (χ1) is 23.3. The van der Waals surface area contributed by atoms with E-state index in [9.17, 15) is 0 Å². The van der Waals surface area contributed by atoms with Gasteiger partial charge in [-0.15, -0.1) is 0 Å². The summed E-state index contributed by atoms with van der Waals surface area (Å²) in [6, 6.07) is 44.3. The van der Waals surface area contributed by atoms with Crippen molar-refractivity contribution in [1.82, 2.24) is 9.97 Å². The third kappa shape index (κ3) is 4.69. The first-order valence-corrected chi connectivity index (χ1v) is 17.5. The van der Waals surface area contributed by atoms with Crippen molar-refractivity contribution in [1.29, 1.82) is 0 Å². The molecule has 2 nitrogen and oxygen atoms in total. The van der Waals surface area contributed by atoms with E-state index in [1.165, 1.54) is 44.5 Å². The number of benzene rings is 5. The zero-order valence-electron chi connectivity index (χ0n) is 29.4. The molecule has 48 heavy (non-hydrogen) atoms. The van der Waals surface area contributed by atoms with Gasteiger partial charge in [-0.1, -0.05) is 152 Å². The van der Waals surface area contributed by atoms with Crippen LogP contribution in [0.15, 0.2) is 121 Å². The first kappa shape index (κ1) is 31.5. The molecule has 0 unspecified atom stereocenters. The van der Waals surface area contributed by atoms with Gasteiger partial charge < -0.3 is 0 Å². The summed E-state index contributed by atoms with van der Waals surface area (Å²) in [6.07, 6.45) is 0. The summed E-state index contributed by atoms with van der Waals surface area (Å²) in [5.41, 5.74) is 16.8. The fourth-order valence-electron chi connectivity index (χ4n) is 7.82. The van der Waals surface area contributed by atoms with Crippen molar-refractivity contribution in [2.24, 2.45) is 0 Å². The summed E-state index contributed by atoms with van der Waals surface area (Å²) in [4.78, 5) is 10.6. The van der Waals surface area contributed by atoms with Crippen LogP contribution in [0, 0.1) is 0 Å². The summed E-state index contributed by atoms with van der Waals surface area (Å²) in [5.74, 6) is 0. The Kier molecular flexibility index (Phi) is 7.79. The van der Waals surface area contributed by atoms with Gasteiger partial charge in [0, 0.05) is 32.7 Å². The zero-order chi connectivity index (χ0) is 33.8. The van der Waals surface area contributed by atoms with Crippen molar-refractivity contribution < 1.29 is 0 Å². The smallest absolute Gasteiger partial charge is 0.0972 e. The Morgan fingerprint density at radius 3 is 1.15 bits per heavy atom. The lowest BCUT2D eigenvalue weighted by atomic mass is 9.82. The molecule has 238 valence electrons. The molecule has 0 spiro atoms. The lowest BCUT2D eigenvalue weighted by molar-refractivity contribution is 0.660. The zero-order valence-corrected chi connectivity index (χ0v) is 29.4. The van der Waals surface area contributed by atoms with Crippen LogP contribution in [0.2, 0.25) is 0 Å². The van der Waals surface area contributed by atoms with E-state index in [0.29, 0.717) is 0 Å². The standard InChI is InChI=1S/C42H32N2.2C2H6/c1-41(2)33-11-7-5-9-29(33)31-19-15-27(23-35(31)41)37-21-17-25-13-14-26-18-22-38(44-40(26)39(25)43-37)28-16-20-32-30-10-6-8-12-34(30)42(3,4)36(32)24-28;2*1-2/h5-24H,1-4H3;2*1-2H3. The second kappa shape index (κ2) is 11.9. The summed E-state index contributed by atoms with van der Waals surface area (Å²) in [5, 5.41) is 2.20. The van der Waals surface area contributed by atoms with Gasteiger partial charge in [-0.25, -0.2) is 9.97 Å². The molecule has 0 saturated carbocycles. The molecular weight excluding hydrogens is 581 g/mol. The Hall–Kier alpha value is -5.08. The third-order valence-corrected chi connectivity index (χ3v) is 10.3. The summed E-state index contributed by atoms with van der Waals surface area (Å²) >= 11 is 0. The van der Waals surface area contributed by atoms with Gasteiger partial charge in [-0.2, -0.15) is 0 Å². The summed E-state index contributed by atoms with van der Waals surface area (Å²) in [7, 11) is 0. The van der Waals surface area contributed by atoms with Crippen molar-refractivity contribution >= 4 is 21.8 Å². The van der Waals surface area contributed by atoms with Crippen LogP contribution in [0.1, 0.15) is 77.6 Å². The maximum atomic E-state index is 5.28. The molecule has 2 aliphatic carbocycles. The number of aromatic nitrogens is 2. The minimum Gasteiger partial charge on any atom is -0.245 e. The highest BCUT2D eigenvalue weighted by Crippen LogP contribution is 2.50. The molecule has 0 fully saturated rings. The van der Waals surface area contributed by atoms with E-state index in [1.807, 2.05) is 27.7 Å². The fraction of sp³-hybridized carbons (Fsp3) is 0.217. The van der Waals surface area contributed by atoms with E-state index in [0.717, 1.165) is 44.3 Å². The molecule has 7 aromatic rings. The van der Waals surface area contributed by atoms with Crippen LogP contribution >= 0.6 is 0 Å². The Morgan fingerprint density at radius 2 is 0.729 bits per heavy atom. The molecule has 2 aromatic heterocycles.